The highest BCUT2D eigenvalue weighted by Gasteiger charge is 2.19. The zero-order valence-corrected chi connectivity index (χ0v) is 14.3. The van der Waals surface area contributed by atoms with Crippen LogP contribution in [0, 0.1) is 0 Å². The molecule has 0 radical (unpaired) electrons. The Morgan fingerprint density at radius 1 is 1.20 bits per heavy atom. The van der Waals surface area contributed by atoms with Crippen molar-refractivity contribution in [1.82, 2.24) is 5.32 Å². The molecule has 1 aromatic carbocycles. The summed E-state index contributed by atoms with van der Waals surface area (Å²) < 4.78 is 6.65. The van der Waals surface area contributed by atoms with E-state index in [0.29, 0.717) is 0 Å². The van der Waals surface area contributed by atoms with Crippen LogP contribution in [0.2, 0.25) is 0 Å². The lowest BCUT2D eigenvalue weighted by molar-refractivity contribution is 0.444. The minimum absolute atomic E-state index is 0.0972. The van der Waals surface area contributed by atoms with Gasteiger partial charge in [-0.1, -0.05) is 26.0 Å². The third kappa shape index (κ3) is 3.90. The number of hydrogen-bond acceptors (Lipinski definition) is 3. The van der Waals surface area contributed by atoms with Crippen molar-refractivity contribution in [3.05, 3.63) is 52.4 Å². The SMILES string of the molecule is CCCNC(c1ccc(SCC)cc1)c1occc1Br. The second kappa shape index (κ2) is 7.91. The van der Waals surface area contributed by atoms with Gasteiger partial charge in [-0.15, -0.1) is 11.8 Å². The van der Waals surface area contributed by atoms with Crippen molar-refractivity contribution in [2.45, 2.75) is 31.2 Å². The number of furan rings is 1. The average molecular weight is 354 g/mol. The largest absolute Gasteiger partial charge is 0.466 e. The Morgan fingerprint density at radius 2 is 1.95 bits per heavy atom. The molecule has 2 aromatic rings. The molecule has 2 rings (SSSR count). The van der Waals surface area contributed by atoms with Gasteiger partial charge in [-0.25, -0.2) is 0 Å². The third-order valence-corrected chi connectivity index (χ3v) is 4.58. The number of nitrogens with one attached hydrogen (secondary N) is 1. The molecule has 1 heterocycles. The Bertz CT molecular complexity index is 524. The minimum Gasteiger partial charge on any atom is -0.466 e. The van der Waals surface area contributed by atoms with E-state index in [-0.39, 0.29) is 6.04 Å². The van der Waals surface area contributed by atoms with Gasteiger partial charge >= 0.3 is 0 Å². The summed E-state index contributed by atoms with van der Waals surface area (Å²) in [7, 11) is 0. The predicted octanol–water partition coefficient (Wildman–Crippen LogP) is 5.24. The summed E-state index contributed by atoms with van der Waals surface area (Å²) in [5.41, 5.74) is 1.23. The fourth-order valence-electron chi connectivity index (χ4n) is 2.09. The van der Waals surface area contributed by atoms with Crippen molar-refractivity contribution in [1.29, 1.82) is 0 Å². The third-order valence-electron chi connectivity index (χ3n) is 3.03. The van der Waals surface area contributed by atoms with Gasteiger partial charge in [0.15, 0.2) is 0 Å². The van der Waals surface area contributed by atoms with Crippen LogP contribution in [-0.4, -0.2) is 12.3 Å². The summed E-state index contributed by atoms with van der Waals surface area (Å²) in [4.78, 5) is 1.31. The van der Waals surface area contributed by atoms with Crippen molar-refractivity contribution in [2.24, 2.45) is 0 Å². The molecule has 0 aliphatic rings. The van der Waals surface area contributed by atoms with Crippen molar-refractivity contribution < 1.29 is 4.42 Å². The fourth-order valence-corrected chi connectivity index (χ4v) is 3.18. The lowest BCUT2D eigenvalue weighted by atomic mass is 10.0. The maximum atomic E-state index is 5.64. The maximum Gasteiger partial charge on any atom is 0.139 e. The quantitative estimate of drug-likeness (QED) is 0.688. The van der Waals surface area contributed by atoms with Crippen LogP contribution in [0.3, 0.4) is 0 Å². The van der Waals surface area contributed by atoms with Crippen molar-refractivity contribution in [3.8, 4) is 0 Å². The maximum absolute atomic E-state index is 5.64. The summed E-state index contributed by atoms with van der Waals surface area (Å²) in [5, 5.41) is 3.55. The van der Waals surface area contributed by atoms with Crippen LogP contribution in [0.4, 0.5) is 0 Å². The molecule has 0 amide bonds. The number of rotatable bonds is 7. The van der Waals surface area contributed by atoms with E-state index in [2.05, 4.69) is 59.4 Å². The van der Waals surface area contributed by atoms with Gasteiger partial charge in [0.05, 0.1) is 16.8 Å². The highest BCUT2D eigenvalue weighted by molar-refractivity contribution is 9.10. The molecule has 0 aliphatic heterocycles. The molecule has 1 N–H and O–H groups in total. The van der Waals surface area contributed by atoms with Gasteiger partial charge in [-0.05, 0) is 58.4 Å². The normalized spacial score (nSPS) is 12.6. The standard InChI is InChI=1S/C16H20BrNOS/c1-3-10-18-15(16-14(17)9-11-19-16)12-5-7-13(8-6-12)20-4-2/h5-9,11,15,18H,3-4,10H2,1-2H3. The molecular weight excluding hydrogens is 334 g/mol. The molecule has 1 aromatic heterocycles. The highest BCUT2D eigenvalue weighted by atomic mass is 79.9. The molecule has 0 aliphatic carbocycles. The summed E-state index contributed by atoms with van der Waals surface area (Å²) >= 11 is 5.42. The molecule has 2 nitrogen and oxygen atoms in total. The monoisotopic (exact) mass is 353 g/mol. The fraction of sp³-hybridized carbons (Fsp3) is 0.375. The van der Waals surface area contributed by atoms with Gasteiger partial charge in [0, 0.05) is 4.90 Å². The van der Waals surface area contributed by atoms with Crippen LogP contribution >= 0.6 is 27.7 Å². The topological polar surface area (TPSA) is 25.2 Å². The zero-order valence-electron chi connectivity index (χ0n) is 11.9. The lowest BCUT2D eigenvalue weighted by Gasteiger charge is -2.17. The van der Waals surface area contributed by atoms with Crippen LogP contribution in [-0.2, 0) is 0 Å². The summed E-state index contributed by atoms with van der Waals surface area (Å²) in [6.07, 6.45) is 2.82. The van der Waals surface area contributed by atoms with Crippen molar-refractivity contribution in [3.63, 3.8) is 0 Å². The molecule has 108 valence electrons. The lowest BCUT2D eigenvalue weighted by Crippen LogP contribution is -2.23. The van der Waals surface area contributed by atoms with Crippen LogP contribution in [0.25, 0.3) is 0 Å². The first-order valence-corrected chi connectivity index (χ1v) is 8.73. The zero-order chi connectivity index (χ0) is 14.4. The van der Waals surface area contributed by atoms with E-state index >= 15 is 0 Å². The molecule has 0 fully saturated rings. The molecule has 20 heavy (non-hydrogen) atoms. The molecule has 0 saturated carbocycles. The smallest absolute Gasteiger partial charge is 0.139 e. The van der Waals surface area contributed by atoms with E-state index in [1.807, 2.05) is 17.8 Å². The first-order valence-electron chi connectivity index (χ1n) is 6.95. The van der Waals surface area contributed by atoms with Gasteiger partial charge in [0.25, 0.3) is 0 Å². The Balaban J connectivity index is 2.24. The van der Waals surface area contributed by atoms with Crippen LogP contribution in [0.5, 0.6) is 0 Å². The number of thioether (sulfide) groups is 1. The summed E-state index contributed by atoms with van der Waals surface area (Å²) in [6, 6.07) is 10.8. The van der Waals surface area contributed by atoms with E-state index < -0.39 is 0 Å². The summed E-state index contributed by atoms with van der Waals surface area (Å²) in [5.74, 6) is 2.04. The van der Waals surface area contributed by atoms with Gasteiger partial charge in [-0.3, -0.25) is 0 Å². The Morgan fingerprint density at radius 3 is 2.50 bits per heavy atom. The Kier molecular flexibility index (Phi) is 6.20. The molecule has 0 bridgehead atoms. The minimum atomic E-state index is 0.0972. The summed E-state index contributed by atoms with van der Waals surface area (Å²) in [6.45, 7) is 5.30. The van der Waals surface area contributed by atoms with Gasteiger partial charge in [0.2, 0.25) is 0 Å². The van der Waals surface area contributed by atoms with E-state index in [9.17, 15) is 0 Å². The molecule has 0 saturated heterocycles. The van der Waals surface area contributed by atoms with Crippen molar-refractivity contribution >= 4 is 27.7 Å². The molecule has 1 atom stereocenters. The molecular formula is C16H20BrNOS. The van der Waals surface area contributed by atoms with Crippen LogP contribution in [0.15, 0.2) is 50.4 Å². The molecule has 1 unspecified atom stereocenters. The van der Waals surface area contributed by atoms with Crippen molar-refractivity contribution in [2.75, 3.05) is 12.3 Å². The second-order valence-corrected chi connectivity index (χ2v) is 6.71. The van der Waals surface area contributed by atoms with Gasteiger partial charge < -0.3 is 9.73 Å². The predicted molar refractivity (Wildman–Crippen MR) is 89.4 cm³/mol. The first-order chi connectivity index (χ1) is 9.76. The van der Waals surface area contributed by atoms with Crippen LogP contribution in [0.1, 0.15) is 37.6 Å². The molecule has 0 spiro atoms. The van der Waals surface area contributed by atoms with Gasteiger partial charge in [0.1, 0.15) is 5.76 Å². The highest BCUT2D eigenvalue weighted by Crippen LogP contribution is 2.30. The Hall–Kier alpha value is -0.710. The van der Waals surface area contributed by atoms with Gasteiger partial charge in [-0.2, -0.15) is 0 Å². The van der Waals surface area contributed by atoms with Crippen LogP contribution < -0.4 is 5.32 Å². The second-order valence-electron chi connectivity index (χ2n) is 4.52. The van der Waals surface area contributed by atoms with E-state index in [1.54, 1.807) is 6.26 Å². The number of hydrogen-bond donors (Lipinski definition) is 1. The van der Waals surface area contributed by atoms with E-state index in [0.717, 1.165) is 29.0 Å². The Labute approximate surface area is 133 Å². The average Bonchev–Trinajstić information content (AvgIpc) is 2.88. The van der Waals surface area contributed by atoms with E-state index in [1.165, 1.54) is 10.5 Å². The van der Waals surface area contributed by atoms with E-state index in [4.69, 9.17) is 4.42 Å². The first kappa shape index (κ1) is 15.7. The molecule has 4 heteroatoms. The number of benzene rings is 1. The number of halogens is 1.